The van der Waals surface area contributed by atoms with E-state index in [9.17, 15) is 9.59 Å². The fourth-order valence-electron chi connectivity index (χ4n) is 4.65. The van der Waals surface area contributed by atoms with Crippen molar-refractivity contribution < 1.29 is 23.8 Å². The van der Waals surface area contributed by atoms with Crippen molar-refractivity contribution in [1.29, 1.82) is 0 Å². The number of carbonyl (C=O) groups is 2. The van der Waals surface area contributed by atoms with Crippen molar-refractivity contribution in [1.82, 2.24) is 9.80 Å². The highest BCUT2D eigenvalue weighted by Crippen LogP contribution is 2.27. The quantitative estimate of drug-likeness (QED) is 0.665. The smallest absolute Gasteiger partial charge is 0.322 e. The van der Waals surface area contributed by atoms with Crippen molar-refractivity contribution in [3.05, 3.63) is 54.1 Å². The topological polar surface area (TPSA) is 80.3 Å². The number of amides is 3. The van der Waals surface area contributed by atoms with Crippen molar-refractivity contribution in [2.24, 2.45) is 0 Å². The van der Waals surface area contributed by atoms with E-state index < -0.39 is 0 Å². The lowest BCUT2D eigenvalue weighted by atomic mass is 10.1. The summed E-state index contributed by atoms with van der Waals surface area (Å²) in [5.74, 6) is 1.40. The summed E-state index contributed by atoms with van der Waals surface area (Å²) in [4.78, 5) is 30.0. The van der Waals surface area contributed by atoms with E-state index in [0.717, 1.165) is 31.4 Å². The lowest BCUT2D eigenvalue weighted by Crippen LogP contribution is -2.53. The molecule has 8 heteroatoms. The van der Waals surface area contributed by atoms with Crippen LogP contribution < -0.4 is 14.8 Å². The van der Waals surface area contributed by atoms with Crippen molar-refractivity contribution in [3.63, 3.8) is 0 Å². The lowest BCUT2D eigenvalue weighted by molar-refractivity contribution is -0.0308. The number of benzene rings is 2. The molecule has 1 saturated carbocycles. The van der Waals surface area contributed by atoms with Gasteiger partial charge in [0.1, 0.15) is 11.5 Å². The SMILES string of the molecule is COc1ccc(C(=O)N(CC2CN(C(=O)Nc3cccc(OC)c3)CCO2)C2CCCC2)cc1. The van der Waals surface area contributed by atoms with Crippen LogP contribution in [0.1, 0.15) is 36.0 Å². The first-order valence-electron chi connectivity index (χ1n) is 11.8. The van der Waals surface area contributed by atoms with Gasteiger partial charge >= 0.3 is 6.03 Å². The fraction of sp³-hybridized carbons (Fsp3) is 0.462. The third kappa shape index (κ3) is 5.80. The summed E-state index contributed by atoms with van der Waals surface area (Å²) in [5, 5.41) is 2.93. The highest BCUT2D eigenvalue weighted by Gasteiger charge is 2.32. The Balaban J connectivity index is 1.42. The molecule has 0 aromatic heterocycles. The summed E-state index contributed by atoms with van der Waals surface area (Å²) in [6, 6.07) is 14.5. The maximum absolute atomic E-state index is 13.4. The van der Waals surface area contributed by atoms with E-state index in [1.807, 2.05) is 35.2 Å². The third-order valence-electron chi connectivity index (χ3n) is 6.51. The van der Waals surface area contributed by atoms with Gasteiger partial charge < -0.3 is 29.3 Å². The molecule has 1 unspecified atom stereocenters. The number of morpholine rings is 1. The van der Waals surface area contributed by atoms with Gasteiger partial charge in [0.2, 0.25) is 0 Å². The Kier molecular flexibility index (Phi) is 7.90. The van der Waals surface area contributed by atoms with Gasteiger partial charge in [-0.2, -0.15) is 0 Å². The van der Waals surface area contributed by atoms with Crippen LogP contribution in [0.4, 0.5) is 10.5 Å². The van der Waals surface area contributed by atoms with Crippen molar-refractivity contribution in [2.45, 2.75) is 37.8 Å². The monoisotopic (exact) mass is 467 g/mol. The maximum Gasteiger partial charge on any atom is 0.322 e. The second kappa shape index (κ2) is 11.2. The number of carbonyl (C=O) groups excluding carboxylic acids is 2. The van der Waals surface area contributed by atoms with Gasteiger partial charge in [0, 0.05) is 36.4 Å². The zero-order valence-corrected chi connectivity index (χ0v) is 19.9. The molecule has 1 aliphatic carbocycles. The highest BCUT2D eigenvalue weighted by molar-refractivity contribution is 5.94. The molecule has 1 atom stereocenters. The van der Waals surface area contributed by atoms with Crippen LogP contribution in [0.25, 0.3) is 0 Å². The van der Waals surface area contributed by atoms with E-state index in [4.69, 9.17) is 14.2 Å². The molecule has 2 aromatic rings. The number of nitrogens with one attached hydrogen (secondary N) is 1. The second-order valence-corrected chi connectivity index (χ2v) is 8.73. The Morgan fingerprint density at radius 3 is 2.50 bits per heavy atom. The highest BCUT2D eigenvalue weighted by atomic mass is 16.5. The Hall–Kier alpha value is -3.26. The van der Waals surface area contributed by atoms with Crippen LogP contribution >= 0.6 is 0 Å². The van der Waals surface area contributed by atoms with E-state index >= 15 is 0 Å². The summed E-state index contributed by atoms with van der Waals surface area (Å²) < 4.78 is 16.5. The van der Waals surface area contributed by atoms with Crippen LogP contribution in [0.2, 0.25) is 0 Å². The Morgan fingerprint density at radius 2 is 1.79 bits per heavy atom. The summed E-state index contributed by atoms with van der Waals surface area (Å²) in [7, 11) is 3.20. The van der Waals surface area contributed by atoms with Gasteiger partial charge in [-0.05, 0) is 49.2 Å². The number of anilines is 1. The minimum absolute atomic E-state index is 0.00360. The lowest BCUT2D eigenvalue weighted by Gasteiger charge is -2.37. The number of nitrogens with zero attached hydrogens (tertiary/aromatic N) is 2. The normalized spacial score (nSPS) is 18.4. The zero-order chi connectivity index (χ0) is 23.9. The van der Waals surface area contributed by atoms with Gasteiger partial charge in [0.15, 0.2) is 0 Å². The number of ether oxygens (including phenoxy) is 3. The van der Waals surface area contributed by atoms with E-state index in [0.29, 0.717) is 43.2 Å². The van der Waals surface area contributed by atoms with Gasteiger partial charge in [-0.3, -0.25) is 4.79 Å². The van der Waals surface area contributed by atoms with Crippen molar-refractivity contribution in [2.75, 3.05) is 45.8 Å². The number of hydrogen-bond acceptors (Lipinski definition) is 5. The molecule has 0 bridgehead atoms. The predicted molar refractivity (Wildman–Crippen MR) is 130 cm³/mol. The maximum atomic E-state index is 13.4. The van der Waals surface area contributed by atoms with Crippen molar-refractivity contribution in [3.8, 4) is 11.5 Å². The van der Waals surface area contributed by atoms with Gasteiger partial charge in [-0.15, -0.1) is 0 Å². The minimum atomic E-state index is -0.243. The molecular formula is C26H33N3O5. The molecule has 34 heavy (non-hydrogen) atoms. The summed E-state index contributed by atoms with van der Waals surface area (Å²) >= 11 is 0. The van der Waals surface area contributed by atoms with Crippen LogP contribution in [0, 0.1) is 0 Å². The first-order chi connectivity index (χ1) is 16.6. The molecule has 4 rings (SSSR count). The molecule has 2 aromatic carbocycles. The van der Waals surface area contributed by atoms with Crippen molar-refractivity contribution >= 4 is 17.6 Å². The Labute approximate surface area is 200 Å². The zero-order valence-electron chi connectivity index (χ0n) is 19.9. The summed E-state index contributed by atoms with van der Waals surface area (Å²) in [6.07, 6.45) is 3.99. The first-order valence-corrected chi connectivity index (χ1v) is 11.8. The van der Waals surface area contributed by atoms with Crippen LogP contribution in [-0.2, 0) is 4.74 Å². The second-order valence-electron chi connectivity index (χ2n) is 8.73. The minimum Gasteiger partial charge on any atom is -0.497 e. The standard InChI is InChI=1S/C26H33N3O5/c1-32-22-12-10-19(11-13-22)25(30)29(21-7-3-4-8-21)18-24-17-28(14-15-34-24)26(31)27-20-6-5-9-23(16-20)33-2/h5-6,9-13,16,21,24H,3-4,7-8,14-15,17-18H2,1-2H3,(H,27,31). The molecule has 1 aliphatic heterocycles. The molecule has 0 spiro atoms. The summed E-state index contributed by atoms with van der Waals surface area (Å²) in [5.41, 5.74) is 1.31. The molecule has 2 fully saturated rings. The number of urea groups is 1. The van der Waals surface area contributed by atoms with E-state index in [2.05, 4.69) is 5.32 Å². The van der Waals surface area contributed by atoms with E-state index in [1.54, 1.807) is 37.3 Å². The fourth-order valence-corrected chi connectivity index (χ4v) is 4.65. The molecule has 1 saturated heterocycles. The average molecular weight is 468 g/mol. The van der Waals surface area contributed by atoms with Crippen LogP contribution in [0.15, 0.2) is 48.5 Å². The largest absolute Gasteiger partial charge is 0.497 e. The first kappa shape index (κ1) is 23.9. The molecule has 1 heterocycles. The van der Waals surface area contributed by atoms with Gasteiger partial charge in [-0.25, -0.2) is 4.79 Å². The molecule has 3 amide bonds. The number of methoxy groups -OCH3 is 2. The van der Waals surface area contributed by atoms with Crippen LogP contribution in [-0.4, -0.2) is 74.3 Å². The van der Waals surface area contributed by atoms with E-state index in [1.165, 1.54) is 0 Å². The van der Waals surface area contributed by atoms with Crippen LogP contribution in [0.5, 0.6) is 11.5 Å². The molecule has 0 radical (unpaired) electrons. The Bertz CT molecular complexity index is 975. The average Bonchev–Trinajstić information content (AvgIpc) is 3.42. The third-order valence-corrected chi connectivity index (χ3v) is 6.51. The summed E-state index contributed by atoms with van der Waals surface area (Å²) in [6.45, 7) is 1.82. The van der Waals surface area contributed by atoms with Crippen LogP contribution in [0.3, 0.4) is 0 Å². The Morgan fingerprint density at radius 1 is 1.06 bits per heavy atom. The molecule has 1 N–H and O–H groups in total. The van der Waals surface area contributed by atoms with E-state index in [-0.39, 0.29) is 24.1 Å². The van der Waals surface area contributed by atoms with Gasteiger partial charge in [-0.1, -0.05) is 18.9 Å². The molecule has 182 valence electrons. The predicted octanol–water partition coefficient (Wildman–Crippen LogP) is 4.02. The molecule has 2 aliphatic rings. The number of rotatable bonds is 7. The van der Waals surface area contributed by atoms with Gasteiger partial charge in [0.25, 0.3) is 5.91 Å². The number of hydrogen-bond donors (Lipinski definition) is 1. The van der Waals surface area contributed by atoms with Gasteiger partial charge in [0.05, 0.1) is 33.5 Å². The molecular weight excluding hydrogens is 434 g/mol. The molecule has 8 nitrogen and oxygen atoms in total.